The Labute approximate surface area is 88.9 Å². The quantitative estimate of drug-likeness (QED) is 0.765. The van der Waals surface area contributed by atoms with Crippen LogP contribution in [-0.2, 0) is 0 Å². The van der Waals surface area contributed by atoms with Crippen molar-refractivity contribution in [3.63, 3.8) is 0 Å². The molecule has 74 valence electrons. The monoisotopic (exact) mass is 259 g/mol. The summed E-state index contributed by atoms with van der Waals surface area (Å²) in [5.74, 6) is -1.06. The fourth-order valence-electron chi connectivity index (χ4n) is 1.25. The van der Waals surface area contributed by atoms with Crippen LogP contribution in [0.1, 0.15) is 5.56 Å². The normalized spacial score (nSPS) is 15.2. The minimum Gasteiger partial charge on any atom is -0.309 e. The van der Waals surface area contributed by atoms with Gasteiger partial charge in [-0.25, -0.2) is 8.78 Å². The molecular formula is C10H8BrF2N. The molecule has 4 heteroatoms. The van der Waals surface area contributed by atoms with Gasteiger partial charge < -0.3 is 5.32 Å². The van der Waals surface area contributed by atoms with Gasteiger partial charge in [-0.2, -0.15) is 0 Å². The SMILES string of the molecule is Fc1ccc(Br)c(F)c1C=C1CNC1. The first-order chi connectivity index (χ1) is 6.68. The Balaban J connectivity index is 2.45. The molecule has 0 aromatic heterocycles. The van der Waals surface area contributed by atoms with Crippen LogP contribution in [0.15, 0.2) is 22.2 Å². The maximum Gasteiger partial charge on any atom is 0.147 e. The second-order valence-electron chi connectivity index (χ2n) is 3.16. The summed E-state index contributed by atoms with van der Waals surface area (Å²) < 4.78 is 26.9. The maximum atomic E-state index is 13.4. The zero-order chi connectivity index (χ0) is 10.1. The van der Waals surface area contributed by atoms with Crippen LogP contribution in [0, 0.1) is 11.6 Å². The van der Waals surface area contributed by atoms with Crippen molar-refractivity contribution < 1.29 is 8.78 Å². The number of hydrogen-bond donors (Lipinski definition) is 1. The molecule has 1 aromatic carbocycles. The van der Waals surface area contributed by atoms with Gasteiger partial charge in [0.2, 0.25) is 0 Å². The molecule has 1 aliphatic heterocycles. The largest absolute Gasteiger partial charge is 0.309 e. The Kier molecular flexibility index (Phi) is 2.65. The van der Waals surface area contributed by atoms with E-state index in [1.54, 1.807) is 6.08 Å². The molecule has 0 aliphatic carbocycles. The summed E-state index contributed by atoms with van der Waals surface area (Å²) in [6, 6.07) is 2.62. The lowest BCUT2D eigenvalue weighted by Gasteiger charge is -2.18. The van der Waals surface area contributed by atoms with Crippen LogP contribution in [0.4, 0.5) is 8.78 Å². The molecule has 1 aromatic rings. The van der Waals surface area contributed by atoms with E-state index in [2.05, 4.69) is 21.2 Å². The van der Waals surface area contributed by atoms with Crippen LogP contribution >= 0.6 is 15.9 Å². The molecule has 0 atom stereocenters. The molecule has 0 unspecified atom stereocenters. The Bertz CT molecular complexity index is 395. The first-order valence-corrected chi connectivity index (χ1v) is 5.01. The van der Waals surface area contributed by atoms with Crippen LogP contribution in [0.3, 0.4) is 0 Å². The molecule has 1 fully saturated rings. The summed E-state index contributed by atoms with van der Waals surface area (Å²) in [7, 11) is 0. The van der Waals surface area contributed by atoms with Crippen LogP contribution in [0.25, 0.3) is 6.08 Å². The second kappa shape index (κ2) is 3.79. The van der Waals surface area contributed by atoms with Gasteiger partial charge in [0.15, 0.2) is 0 Å². The van der Waals surface area contributed by atoms with Crippen molar-refractivity contribution >= 4 is 22.0 Å². The highest BCUT2D eigenvalue weighted by Crippen LogP contribution is 2.24. The molecular weight excluding hydrogens is 252 g/mol. The van der Waals surface area contributed by atoms with Crippen LogP contribution in [0.2, 0.25) is 0 Å². The predicted molar refractivity (Wildman–Crippen MR) is 54.9 cm³/mol. The van der Waals surface area contributed by atoms with Gasteiger partial charge in [-0.15, -0.1) is 0 Å². The fraction of sp³-hybridized carbons (Fsp3) is 0.200. The lowest BCUT2D eigenvalue weighted by atomic mass is 10.1. The van der Waals surface area contributed by atoms with E-state index < -0.39 is 11.6 Å². The molecule has 1 saturated heterocycles. The number of nitrogens with one attached hydrogen (secondary N) is 1. The summed E-state index contributed by atoms with van der Waals surface area (Å²) >= 11 is 3.02. The van der Waals surface area contributed by atoms with E-state index in [1.165, 1.54) is 12.1 Å². The van der Waals surface area contributed by atoms with Gasteiger partial charge in [0.1, 0.15) is 11.6 Å². The molecule has 1 N–H and O–H groups in total. The molecule has 0 spiro atoms. The molecule has 0 saturated carbocycles. The zero-order valence-corrected chi connectivity index (χ0v) is 8.87. The highest BCUT2D eigenvalue weighted by Gasteiger charge is 2.13. The van der Waals surface area contributed by atoms with Crippen molar-refractivity contribution in [1.82, 2.24) is 5.32 Å². The van der Waals surface area contributed by atoms with Crippen molar-refractivity contribution in [2.45, 2.75) is 0 Å². The van der Waals surface area contributed by atoms with E-state index in [9.17, 15) is 8.78 Å². The Morgan fingerprint density at radius 2 is 2.00 bits per heavy atom. The highest BCUT2D eigenvalue weighted by atomic mass is 79.9. The minimum atomic E-state index is -0.538. The average molecular weight is 260 g/mol. The van der Waals surface area contributed by atoms with E-state index in [0.717, 1.165) is 5.57 Å². The molecule has 1 nitrogen and oxygen atoms in total. The molecule has 2 rings (SSSR count). The van der Waals surface area contributed by atoms with Crippen LogP contribution in [-0.4, -0.2) is 13.1 Å². The number of rotatable bonds is 1. The third-order valence-corrected chi connectivity index (χ3v) is 2.74. The van der Waals surface area contributed by atoms with Gasteiger partial charge in [0.05, 0.1) is 4.47 Å². The van der Waals surface area contributed by atoms with Gasteiger partial charge in [0, 0.05) is 18.7 Å². The molecule has 14 heavy (non-hydrogen) atoms. The van der Waals surface area contributed by atoms with E-state index >= 15 is 0 Å². The van der Waals surface area contributed by atoms with Gasteiger partial charge in [-0.05, 0) is 39.7 Å². The second-order valence-corrected chi connectivity index (χ2v) is 4.02. The number of benzene rings is 1. The van der Waals surface area contributed by atoms with Crippen molar-refractivity contribution in [2.24, 2.45) is 0 Å². The molecule has 1 aliphatic rings. The molecule has 0 amide bonds. The van der Waals surface area contributed by atoms with E-state index in [4.69, 9.17) is 0 Å². The third kappa shape index (κ3) is 1.72. The summed E-state index contributed by atoms with van der Waals surface area (Å²) in [5.41, 5.74) is 1.05. The van der Waals surface area contributed by atoms with Crippen LogP contribution < -0.4 is 5.32 Å². The lowest BCUT2D eigenvalue weighted by Crippen LogP contribution is -2.33. The first-order valence-electron chi connectivity index (χ1n) is 4.22. The Morgan fingerprint density at radius 1 is 1.29 bits per heavy atom. The fourth-order valence-corrected chi connectivity index (χ4v) is 1.60. The number of hydrogen-bond acceptors (Lipinski definition) is 1. The topological polar surface area (TPSA) is 12.0 Å². The van der Waals surface area contributed by atoms with Gasteiger partial charge >= 0.3 is 0 Å². The van der Waals surface area contributed by atoms with Crippen molar-refractivity contribution in [3.05, 3.63) is 39.4 Å². The van der Waals surface area contributed by atoms with E-state index in [0.29, 0.717) is 13.1 Å². The van der Waals surface area contributed by atoms with Crippen LogP contribution in [0.5, 0.6) is 0 Å². The van der Waals surface area contributed by atoms with E-state index in [1.807, 2.05) is 0 Å². The summed E-state index contributed by atoms with van der Waals surface area (Å²) in [6.45, 7) is 1.43. The maximum absolute atomic E-state index is 13.4. The Hall–Kier alpha value is -0.740. The highest BCUT2D eigenvalue weighted by molar-refractivity contribution is 9.10. The van der Waals surface area contributed by atoms with Gasteiger partial charge in [0.25, 0.3) is 0 Å². The summed E-state index contributed by atoms with van der Waals surface area (Å²) in [6.07, 6.45) is 1.56. The Morgan fingerprint density at radius 3 is 2.57 bits per heavy atom. The standard InChI is InChI=1S/C10H8BrF2N/c11-8-1-2-9(12)7(10(8)13)3-6-4-14-5-6/h1-3,14H,4-5H2. The molecule has 0 bridgehead atoms. The van der Waals surface area contributed by atoms with Crippen molar-refractivity contribution in [2.75, 3.05) is 13.1 Å². The number of halogens is 3. The minimum absolute atomic E-state index is 0.0378. The lowest BCUT2D eigenvalue weighted by molar-refractivity contribution is 0.573. The van der Waals surface area contributed by atoms with E-state index in [-0.39, 0.29) is 10.0 Å². The zero-order valence-electron chi connectivity index (χ0n) is 7.28. The van der Waals surface area contributed by atoms with Crippen molar-refractivity contribution in [1.29, 1.82) is 0 Å². The average Bonchev–Trinajstić information content (AvgIpc) is 2.09. The smallest absolute Gasteiger partial charge is 0.147 e. The molecule has 1 heterocycles. The predicted octanol–water partition coefficient (Wildman–Crippen LogP) is 2.71. The third-order valence-electron chi connectivity index (χ3n) is 2.13. The summed E-state index contributed by atoms with van der Waals surface area (Å²) in [5, 5.41) is 3.01. The first kappa shape index (κ1) is 9.80. The van der Waals surface area contributed by atoms with Crippen molar-refractivity contribution in [3.8, 4) is 0 Å². The molecule has 0 radical (unpaired) electrons. The van der Waals surface area contributed by atoms with Gasteiger partial charge in [-0.3, -0.25) is 0 Å². The summed E-state index contributed by atoms with van der Waals surface area (Å²) in [4.78, 5) is 0. The van der Waals surface area contributed by atoms with Gasteiger partial charge in [-0.1, -0.05) is 0 Å².